The van der Waals surface area contributed by atoms with E-state index in [4.69, 9.17) is 4.74 Å². The highest BCUT2D eigenvalue weighted by Crippen LogP contribution is 2.28. The number of benzene rings is 1. The van der Waals surface area contributed by atoms with Gasteiger partial charge in [0.05, 0.1) is 13.7 Å². The zero-order valence-corrected chi connectivity index (χ0v) is 13.2. The molecular weight excluding hydrogens is 290 g/mol. The number of ether oxygens (including phenoxy) is 1. The molecule has 0 bridgehead atoms. The van der Waals surface area contributed by atoms with Crippen molar-refractivity contribution in [3.05, 3.63) is 54.4 Å². The Morgan fingerprint density at radius 2 is 2.00 bits per heavy atom. The van der Waals surface area contributed by atoms with Crippen molar-refractivity contribution in [1.29, 1.82) is 0 Å². The first-order valence-electron chi connectivity index (χ1n) is 7.81. The van der Waals surface area contributed by atoms with E-state index in [0.29, 0.717) is 12.5 Å². The lowest BCUT2D eigenvalue weighted by molar-refractivity contribution is -0.117. The molecule has 1 atom stereocenters. The van der Waals surface area contributed by atoms with Crippen molar-refractivity contribution >= 4 is 11.6 Å². The second-order valence-corrected chi connectivity index (χ2v) is 5.78. The number of likely N-dealkylation sites (tertiary alicyclic amines) is 1. The summed E-state index contributed by atoms with van der Waals surface area (Å²) in [4.78, 5) is 18.2. The van der Waals surface area contributed by atoms with Crippen LogP contribution in [0, 0.1) is 0 Å². The van der Waals surface area contributed by atoms with E-state index in [9.17, 15) is 4.79 Å². The molecule has 0 saturated carbocycles. The van der Waals surface area contributed by atoms with Crippen LogP contribution in [-0.4, -0.2) is 42.5 Å². The fraction of sp³-hybridized carbons (Fsp3) is 0.333. The Hall–Kier alpha value is -2.40. The molecule has 1 aliphatic rings. The zero-order chi connectivity index (χ0) is 16.1. The van der Waals surface area contributed by atoms with Crippen molar-refractivity contribution < 1.29 is 9.53 Å². The highest BCUT2D eigenvalue weighted by Gasteiger charge is 2.25. The maximum atomic E-state index is 12.1. The molecule has 1 aromatic carbocycles. The summed E-state index contributed by atoms with van der Waals surface area (Å²) in [5.41, 5.74) is 2.10. The van der Waals surface area contributed by atoms with Crippen molar-refractivity contribution in [2.24, 2.45) is 0 Å². The summed E-state index contributed by atoms with van der Waals surface area (Å²) in [7, 11) is 1.67. The summed E-state index contributed by atoms with van der Waals surface area (Å²) in [6, 6.07) is 11.8. The van der Waals surface area contributed by atoms with Gasteiger partial charge in [-0.1, -0.05) is 12.1 Å². The Kier molecular flexibility index (Phi) is 4.88. The van der Waals surface area contributed by atoms with Crippen LogP contribution in [0.3, 0.4) is 0 Å². The summed E-state index contributed by atoms with van der Waals surface area (Å²) >= 11 is 0. The van der Waals surface area contributed by atoms with Crippen LogP contribution in [-0.2, 0) is 4.79 Å². The lowest BCUT2D eigenvalue weighted by Gasteiger charge is -2.16. The first-order valence-corrected chi connectivity index (χ1v) is 7.81. The predicted octanol–water partition coefficient (Wildman–Crippen LogP) is 2.52. The molecule has 5 nitrogen and oxygen atoms in total. The first kappa shape index (κ1) is 15.5. The van der Waals surface area contributed by atoms with Gasteiger partial charge in [-0.25, -0.2) is 0 Å². The van der Waals surface area contributed by atoms with Crippen LogP contribution in [0.5, 0.6) is 5.75 Å². The third-order valence-electron chi connectivity index (χ3n) is 4.19. The zero-order valence-electron chi connectivity index (χ0n) is 13.2. The van der Waals surface area contributed by atoms with E-state index in [2.05, 4.69) is 27.3 Å². The van der Waals surface area contributed by atoms with Crippen molar-refractivity contribution in [1.82, 2.24) is 9.88 Å². The first-order chi connectivity index (χ1) is 11.2. The third kappa shape index (κ3) is 4.07. The normalized spacial score (nSPS) is 17.9. The van der Waals surface area contributed by atoms with E-state index in [1.165, 1.54) is 5.56 Å². The van der Waals surface area contributed by atoms with Crippen LogP contribution >= 0.6 is 0 Å². The second kappa shape index (κ2) is 7.24. The SMILES string of the molecule is COc1ccc([C@@H]2CCN(CC(=O)Nc3ccncc3)C2)cc1. The molecule has 23 heavy (non-hydrogen) atoms. The average molecular weight is 311 g/mol. The van der Waals surface area contributed by atoms with Crippen LogP contribution in [0.25, 0.3) is 0 Å². The number of methoxy groups -OCH3 is 1. The van der Waals surface area contributed by atoms with Crippen molar-refractivity contribution in [2.45, 2.75) is 12.3 Å². The Morgan fingerprint density at radius 1 is 1.26 bits per heavy atom. The molecule has 3 rings (SSSR count). The van der Waals surface area contributed by atoms with Crippen LogP contribution in [0.2, 0.25) is 0 Å². The van der Waals surface area contributed by atoms with Gasteiger partial charge in [0.2, 0.25) is 5.91 Å². The number of aromatic nitrogens is 1. The minimum absolute atomic E-state index is 0.0200. The number of hydrogen-bond acceptors (Lipinski definition) is 4. The van der Waals surface area contributed by atoms with Crippen molar-refractivity contribution in [3.63, 3.8) is 0 Å². The van der Waals surface area contributed by atoms with Gasteiger partial charge in [0.25, 0.3) is 0 Å². The van der Waals surface area contributed by atoms with E-state index in [-0.39, 0.29) is 5.91 Å². The number of rotatable bonds is 5. The van der Waals surface area contributed by atoms with E-state index in [0.717, 1.165) is 30.9 Å². The number of amides is 1. The number of carbonyl (C=O) groups is 1. The minimum Gasteiger partial charge on any atom is -0.497 e. The molecule has 1 amide bonds. The Bertz CT molecular complexity index is 643. The molecule has 1 aromatic heterocycles. The molecule has 1 aliphatic heterocycles. The van der Waals surface area contributed by atoms with Gasteiger partial charge in [0.15, 0.2) is 0 Å². The highest BCUT2D eigenvalue weighted by atomic mass is 16.5. The summed E-state index contributed by atoms with van der Waals surface area (Å²) < 4.78 is 5.19. The maximum Gasteiger partial charge on any atom is 0.238 e. The molecular formula is C18H21N3O2. The number of pyridine rings is 1. The molecule has 0 spiro atoms. The summed E-state index contributed by atoms with van der Waals surface area (Å²) in [5.74, 6) is 1.38. The molecule has 1 saturated heterocycles. The molecule has 2 aromatic rings. The summed E-state index contributed by atoms with van der Waals surface area (Å²) in [5, 5.41) is 2.90. The maximum absolute atomic E-state index is 12.1. The lowest BCUT2D eigenvalue weighted by Crippen LogP contribution is -2.31. The molecule has 0 radical (unpaired) electrons. The van der Waals surface area contributed by atoms with Gasteiger partial charge in [-0.2, -0.15) is 0 Å². The molecule has 1 fully saturated rings. The number of anilines is 1. The van der Waals surface area contributed by atoms with Gasteiger partial charge in [-0.3, -0.25) is 14.7 Å². The highest BCUT2D eigenvalue weighted by molar-refractivity contribution is 5.92. The molecule has 120 valence electrons. The standard InChI is InChI=1S/C18H21N3O2/c1-23-17-4-2-14(3-5-17)15-8-11-21(12-15)13-18(22)20-16-6-9-19-10-7-16/h2-7,9-10,15H,8,11-13H2,1H3,(H,19,20,22)/t15-/m1/s1. The van der Waals surface area contributed by atoms with Gasteiger partial charge in [-0.15, -0.1) is 0 Å². The van der Waals surface area contributed by atoms with Crippen LogP contribution in [0.15, 0.2) is 48.8 Å². The van der Waals surface area contributed by atoms with Crippen molar-refractivity contribution in [3.8, 4) is 5.75 Å². The molecule has 2 heterocycles. The molecule has 0 unspecified atom stereocenters. The van der Waals surface area contributed by atoms with Crippen LogP contribution in [0.1, 0.15) is 17.9 Å². The average Bonchev–Trinajstić information content (AvgIpc) is 3.04. The lowest BCUT2D eigenvalue weighted by atomic mass is 9.98. The largest absolute Gasteiger partial charge is 0.497 e. The molecule has 1 N–H and O–H groups in total. The van der Waals surface area contributed by atoms with Crippen molar-refractivity contribution in [2.75, 3.05) is 32.1 Å². The Balaban J connectivity index is 1.52. The van der Waals surface area contributed by atoms with E-state index in [1.807, 2.05) is 12.1 Å². The Morgan fingerprint density at radius 3 is 2.70 bits per heavy atom. The van der Waals surface area contributed by atoms with E-state index >= 15 is 0 Å². The smallest absolute Gasteiger partial charge is 0.238 e. The van der Waals surface area contributed by atoms with Gasteiger partial charge in [0.1, 0.15) is 5.75 Å². The Labute approximate surface area is 136 Å². The number of nitrogens with one attached hydrogen (secondary N) is 1. The summed E-state index contributed by atoms with van der Waals surface area (Å²) in [6.07, 6.45) is 4.42. The minimum atomic E-state index is 0.0200. The second-order valence-electron chi connectivity index (χ2n) is 5.78. The van der Waals surface area contributed by atoms with Gasteiger partial charge in [-0.05, 0) is 48.7 Å². The van der Waals surface area contributed by atoms with Gasteiger partial charge >= 0.3 is 0 Å². The topological polar surface area (TPSA) is 54.5 Å². The number of hydrogen-bond donors (Lipinski definition) is 1. The van der Waals surface area contributed by atoms with E-state index in [1.54, 1.807) is 31.6 Å². The van der Waals surface area contributed by atoms with Gasteiger partial charge < -0.3 is 10.1 Å². The van der Waals surface area contributed by atoms with Crippen LogP contribution in [0.4, 0.5) is 5.69 Å². The van der Waals surface area contributed by atoms with E-state index < -0.39 is 0 Å². The summed E-state index contributed by atoms with van der Waals surface area (Å²) in [6.45, 7) is 2.28. The predicted molar refractivity (Wildman–Crippen MR) is 89.7 cm³/mol. The monoisotopic (exact) mass is 311 g/mol. The molecule has 5 heteroatoms. The quantitative estimate of drug-likeness (QED) is 0.922. The fourth-order valence-corrected chi connectivity index (χ4v) is 2.96. The molecule has 0 aliphatic carbocycles. The number of nitrogens with zero attached hydrogens (tertiary/aromatic N) is 2. The fourth-order valence-electron chi connectivity index (χ4n) is 2.96. The van der Waals surface area contributed by atoms with Gasteiger partial charge in [0, 0.05) is 24.6 Å². The number of carbonyl (C=O) groups excluding carboxylic acids is 1. The third-order valence-corrected chi connectivity index (χ3v) is 4.19. The van der Waals surface area contributed by atoms with Crippen LogP contribution < -0.4 is 10.1 Å².